The van der Waals surface area contributed by atoms with Gasteiger partial charge in [-0.1, -0.05) is 19.1 Å². The quantitative estimate of drug-likeness (QED) is 0.735. The molecule has 4 aliphatic carbocycles. The van der Waals surface area contributed by atoms with E-state index >= 15 is 0 Å². The Morgan fingerprint density at radius 3 is 2.95 bits per heavy atom. The summed E-state index contributed by atoms with van der Waals surface area (Å²) < 4.78 is 0. The average Bonchev–Trinajstić information content (AvgIpc) is 2.74. The minimum Gasteiger partial charge on any atom is -0.327 e. The van der Waals surface area contributed by atoms with Gasteiger partial charge in [0.15, 0.2) is 5.78 Å². The van der Waals surface area contributed by atoms with E-state index < -0.39 is 0 Å². The van der Waals surface area contributed by atoms with E-state index in [1.807, 2.05) is 6.08 Å². The molecule has 0 saturated heterocycles. The molecular weight excluding hydrogens is 246 g/mol. The molecular formula is C18H25NO. The van der Waals surface area contributed by atoms with Crippen LogP contribution in [0.2, 0.25) is 0 Å². The highest BCUT2D eigenvalue weighted by Gasteiger charge is 2.54. The maximum absolute atomic E-state index is 11.6. The summed E-state index contributed by atoms with van der Waals surface area (Å²) in [4.78, 5) is 11.6. The first-order chi connectivity index (χ1) is 9.59. The molecule has 2 heteroatoms. The second-order valence-electron chi connectivity index (χ2n) is 7.69. The van der Waals surface area contributed by atoms with E-state index in [0.717, 1.165) is 24.7 Å². The van der Waals surface area contributed by atoms with Crippen molar-refractivity contribution in [3.05, 3.63) is 23.8 Å². The first-order valence-corrected chi connectivity index (χ1v) is 8.28. The monoisotopic (exact) mass is 271 g/mol. The van der Waals surface area contributed by atoms with Crippen LogP contribution in [0.25, 0.3) is 0 Å². The SMILES string of the molecule is C[C@]12CCC3C4CCC(=O)C=C4C=CC3C1CC[C@@H]2N. The van der Waals surface area contributed by atoms with Crippen LogP contribution < -0.4 is 5.73 Å². The molecule has 0 aromatic carbocycles. The highest BCUT2D eigenvalue weighted by molar-refractivity contribution is 5.91. The standard InChI is InChI=1S/C18H25NO/c1-18-9-8-14-13-5-3-12(20)10-11(13)2-4-15(14)16(18)6-7-17(18)19/h2,4,10,13-17H,3,5-9,19H2,1H3/t13?,14?,15?,16?,17-,18-/m0/s1. The molecule has 2 nitrogen and oxygen atoms in total. The van der Waals surface area contributed by atoms with Gasteiger partial charge in [0.1, 0.15) is 0 Å². The maximum Gasteiger partial charge on any atom is 0.155 e. The lowest BCUT2D eigenvalue weighted by molar-refractivity contribution is -0.115. The molecule has 0 heterocycles. The normalized spacial score (nSPS) is 50.2. The molecule has 4 unspecified atom stereocenters. The molecule has 0 radical (unpaired) electrons. The van der Waals surface area contributed by atoms with Crippen LogP contribution in [-0.4, -0.2) is 11.8 Å². The van der Waals surface area contributed by atoms with E-state index in [4.69, 9.17) is 5.73 Å². The van der Waals surface area contributed by atoms with Crippen LogP contribution in [-0.2, 0) is 4.79 Å². The van der Waals surface area contributed by atoms with Gasteiger partial charge < -0.3 is 5.73 Å². The number of fused-ring (bicyclic) bond motifs is 5. The lowest BCUT2D eigenvalue weighted by Gasteiger charge is -2.51. The first-order valence-electron chi connectivity index (χ1n) is 8.28. The van der Waals surface area contributed by atoms with Crippen molar-refractivity contribution in [2.45, 2.75) is 51.5 Å². The van der Waals surface area contributed by atoms with Crippen LogP contribution in [0.1, 0.15) is 45.4 Å². The molecule has 2 fully saturated rings. The van der Waals surface area contributed by atoms with Crippen LogP contribution in [0.4, 0.5) is 0 Å². The molecule has 2 N–H and O–H groups in total. The number of hydrogen-bond donors (Lipinski definition) is 1. The number of hydrogen-bond acceptors (Lipinski definition) is 2. The summed E-state index contributed by atoms with van der Waals surface area (Å²) >= 11 is 0. The van der Waals surface area contributed by atoms with Gasteiger partial charge in [-0.05, 0) is 72.8 Å². The van der Waals surface area contributed by atoms with Crippen LogP contribution in [0, 0.1) is 29.1 Å². The molecule has 108 valence electrons. The summed E-state index contributed by atoms with van der Waals surface area (Å²) in [6.07, 6.45) is 13.5. The zero-order valence-corrected chi connectivity index (χ0v) is 12.3. The first kappa shape index (κ1) is 12.8. The number of allylic oxidation sites excluding steroid dienone is 4. The number of carbonyl (C=O) groups is 1. The fourth-order valence-corrected chi connectivity index (χ4v) is 5.70. The van der Waals surface area contributed by atoms with Gasteiger partial charge in [0.2, 0.25) is 0 Å². The fraction of sp³-hybridized carbons (Fsp3) is 0.722. The van der Waals surface area contributed by atoms with Crippen molar-refractivity contribution in [1.29, 1.82) is 0 Å². The Morgan fingerprint density at radius 2 is 2.10 bits per heavy atom. The number of nitrogens with two attached hydrogens (primary N) is 1. The Labute approximate surface area is 121 Å². The second kappa shape index (κ2) is 4.30. The van der Waals surface area contributed by atoms with Gasteiger partial charge in [-0.15, -0.1) is 0 Å². The van der Waals surface area contributed by atoms with Crippen molar-refractivity contribution < 1.29 is 4.79 Å². The molecule has 0 aliphatic heterocycles. The Balaban J connectivity index is 1.69. The van der Waals surface area contributed by atoms with Crippen molar-refractivity contribution in [1.82, 2.24) is 0 Å². The summed E-state index contributed by atoms with van der Waals surface area (Å²) in [6.45, 7) is 2.43. The summed E-state index contributed by atoms with van der Waals surface area (Å²) in [5, 5.41) is 0. The van der Waals surface area contributed by atoms with Crippen molar-refractivity contribution in [3.63, 3.8) is 0 Å². The number of ketones is 1. The largest absolute Gasteiger partial charge is 0.327 e. The molecule has 0 aromatic rings. The Kier molecular flexibility index (Phi) is 2.76. The van der Waals surface area contributed by atoms with E-state index in [9.17, 15) is 4.79 Å². The molecule has 0 aromatic heterocycles. The van der Waals surface area contributed by atoms with Crippen molar-refractivity contribution in [2.24, 2.45) is 34.8 Å². The molecule has 0 amide bonds. The molecule has 4 rings (SSSR count). The molecule has 6 atom stereocenters. The minimum atomic E-state index is 0.322. The van der Waals surface area contributed by atoms with Gasteiger partial charge in [0, 0.05) is 12.5 Å². The smallest absolute Gasteiger partial charge is 0.155 e. The van der Waals surface area contributed by atoms with Crippen LogP contribution >= 0.6 is 0 Å². The lowest BCUT2D eigenvalue weighted by atomic mass is 9.54. The van der Waals surface area contributed by atoms with Crippen molar-refractivity contribution >= 4 is 5.78 Å². The predicted octanol–water partition coefficient (Wildman–Crippen LogP) is 3.23. The summed E-state index contributed by atoms with van der Waals surface area (Å²) in [5.41, 5.74) is 8.09. The molecule has 0 bridgehead atoms. The van der Waals surface area contributed by atoms with E-state index in [2.05, 4.69) is 19.1 Å². The molecule has 0 spiro atoms. The minimum absolute atomic E-state index is 0.322. The third-order valence-corrected chi connectivity index (χ3v) is 6.94. The van der Waals surface area contributed by atoms with Crippen LogP contribution in [0.5, 0.6) is 0 Å². The Morgan fingerprint density at radius 1 is 1.25 bits per heavy atom. The number of rotatable bonds is 0. The lowest BCUT2D eigenvalue weighted by Crippen LogP contribution is -2.48. The summed E-state index contributed by atoms with van der Waals surface area (Å²) in [7, 11) is 0. The maximum atomic E-state index is 11.6. The molecule has 2 saturated carbocycles. The Bertz CT molecular complexity index is 506. The van der Waals surface area contributed by atoms with Gasteiger partial charge in [0.05, 0.1) is 0 Å². The highest BCUT2D eigenvalue weighted by Crippen LogP contribution is 2.59. The van der Waals surface area contributed by atoms with Gasteiger partial charge in [-0.25, -0.2) is 0 Å². The zero-order valence-electron chi connectivity index (χ0n) is 12.3. The van der Waals surface area contributed by atoms with Crippen molar-refractivity contribution in [3.8, 4) is 0 Å². The van der Waals surface area contributed by atoms with Crippen LogP contribution in [0.3, 0.4) is 0 Å². The Hall–Kier alpha value is -0.890. The number of carbonyl (C=O) groups excluding carboxylic acids is 1. The summed E-state index contributed by atoms with van der Waals surface area (Å²) in [5.74, 6) is 3.21. The van der Waals surface area contributed by atoms with Gasteiger partial charge in [-0.2, -0.15) is 0 Å². The van der Waals surface area contributed by atoms with E-state index in [0.29, 0.717) is 29.1 Å². The van der Waals surface area contributed by atoms with Crippen LogP contribution in [0.15, 0.2) is 23.8 Å². The zero-order chi connectivity index (χ0) is 13.9. The third kappa shape index (κ3) is 1.64. The van der Waals surface area contributed by atoms with E-state index in [1.54, 1.807) is 0 Å². The van der Waals surface area contributed by atoms with Crippen molar-refractivity contribution in [2.75, 3.05) is 0 Å². The summed E-state index contributed by atoms with van der Waals surface area (Å²) in [6, 6.07) is 0.395. The molecule has 4 aliphatic rings. The molecule has 20 heavy (non-hydrogen) atoms. The van der Waals surface area contributed by atoms with Gasteiger partial charge in [-0.3, -0.25) is 4.79 Å². The average molecular weight is 271 g/mol. The second-order valence-corrected chi connectivity index (χ2v) is 7.69. The van der Waals surface area contributed by atoms with Gasteiger partial charge in [0.25, 0.3) is 0 Å². The highest BCUT2D eigenvalue weighted by atomic mass is 16.1. The third-order valence-electron chi connectivity index (χ3n) is 6.94. The van der Waals surface area contributed by atoms with E-state index in [1.165, 1.54) is 31.3 Å². The van der Waals surface area contributed by atoms with E-state index in [-0.39, 0.29) is 0 Å². The topological polar surface area (TPSA) is 43.1 Å². The predicted molar refractivity (Wildman–Crippen MR) is 80.0 cm³/mol. The van der Waals surface area contributed by atoms with Gasteiger partial charge >= 0.3 is 0 Å². The fourth-order valence-electron chi connectivity index (χ4n) is 5.70.